The van der Waals surface area contributed by atoms with Gasteiger partial charge < -0.3 is 14.7 Å². The summed E-state index contributed by atoms with van der Waals surface area (Å²) >= 11 is 0. The zero-order chi connectivity index (χ0) is 21.3. The fraction of sp³-hybridized carbons (Fsp3) is 0.222. The maximum absolute atomic E-state index is 12.8. The molecule has 1 atom stereocenters. The van der Waals surface area contributed by atoms with Crippen molar-refractivity contribution in [1.82, 2.24) is 0 Å². The second-order valence-electron chi connectivity index (χ2n) is 6.28. The third-order valence-electron chi connectivity index (χ3n) is 4.33. The number of aliphatic carboxylic acids is 1. The van der Waals surface area contributed by atoms with Crippen molar-refractivity contribution >= 4 is 23.3 Å². The molecule has 29 heavy (non-hydrogen) atoms. The summed E-state index contributed by atoms with van der Waals surface area (Å²) in [5.74, 6) is -2.52. The van der Waals surface area contributed by atoms with Crippen LogP contribution in [0.1, 0.15) is 12.0 Å². The third-order valence-corrected chi connectivity index (χ3v) is 4.33. The van der Waals surface area contributed by atoms with E-state index in [1.807, 2.05) is 0 Å². The number of benzene rings is 2. The first-order valence-electron chi connectivity index (χ1n) is 8.23. The van der Waals surface area contributed by atoms with Gasteiger partial charge >= 0.3 is 17.8 Å². The van der Waals surface area contributed by atoms with E-state index in [1.54, 1.807) is 0 Å². The van der Waals surface area contributed by atoms with Crippen LogP contribution in [0.25, 0.3) is 0 Å². The Labute approximate surface area is 161 Å². The Morgan fingerprint density at radius 3 is 2.38 bits per heavy atom. The van der Waals surface area contributed by atoms with Crippen LogP contribution < -0.4 is 9.64 Å². The lowest BCUT2D eigenvalue weighted by atomic mass is 10.1. The van der Waals surface area contributed by atoms with Gasteiger partial charge in [0.1, 0.15) is 5.75 Å². The van der Waals surface area contributed by atoms with Crippen LogP contribution >= 0.6 is 0 Å². The molecular formula is C18H13F3N2O6. The van der Waals surface area contributed by atoms with E-state index in [0.29, 0.717) is 17.8 Å². The molecule has 1 aliphatic heterocycles. The Bertz CT molecular complexity index is 975. The molecule has 0 unspecified atom stereocenters. The highest BCUT2D eigenvalue weighted by molar-refractivity contribution is 5.99. The van der Waals surface area contributed by atoms with Crippen molar-refractivity contribution < 1.29 is 37.5 Å². The van der Waals surface area contributed by atoms with Gasteiger partial charge in [-0.05, 0) is 36.4 Å². The second kappa shape index (κ2) is 7.41. The maximum atomic E-state index is 12.8. The molecule has 0 spiro atoms. The SMILES string of the molecule is O=C(O)[C@H]1CC(=O)N(c2ccc(Oc3ccc(C(F)(F)F)cc3[N+](=O)[O-])cc2)C1. The molecule has 1 saturated heterocycles. The van der Waals surface area contributed by atoms with Crippen LogP contribution in [-0.2, 0) is 15.8 Å². The molecule has 1 heterocycles. The number of carboxylic acids is 1. The quantitative estimate of drug-likeness (QED) is 0.592. The maximum Gasteiger partial charge on any atom is 0.416 e. The number of rotatable bonds is 5. The number of carbonyl (C=O) groups excluding carboxylic acids is 1. The van der Waals surface area contributed by atoms with Gasteiger partial charge in [0.25, 0.3) is 0 Å². The molecule has 0 aliphatic carbocycles. The molecule has 3 rings (SSSR count). The van der Waals surface area contributed by atoms with Crippen LogP contribution in [-0.4, -0.2) is 28.5 Å². The molecule has 0 bridgehead atoms. The molecule has 1 amide bonds. The van der Waals surface area contributed by atoms with Gasteiger partial charge in [0.05, 0.1) is 16.4 Å². The lowest BCUT2D eigenvalue weighted by Gasteiger charge is -2.16. The van der Waals surface area contributed by atoms with E-state index in [9.17, 15) is 32.9 Å². The Hall–Kier alpha value is -3.63. The van der Waals surface area contributed by atoms with Gasteiger partial charge in [0, 0.05) is 24.7 Å². The second-order valence-corrected chi connectivity index (χ2v) is 6.28. The molecule has 0 saturated carbocycles. The molecular weight excluding hydrogens is 397 g/mol. The molecule has 1 N–H and O–H groups in total. The Morgan fingerprint density at radius 2 is 1.86 bits per heavy atom. The van der Waals surface area contributed by atoms with Gasteiger partial charge in [0.15, 0.2) is 0 Å². The van der Waals surface area contributed by atoms with Gasteiger partial charge in [-0.25, -0.2) is 0 Å². The summed E-state index contributed by atoms with van der Waals surface area (Å²) < 4.78 is 43.6. The average Bonchev–Trinajstić information content (AvgIpc) is 3.03. The van der Waals surface area contributed by atoms with Gasteiger partial charge in [-0.15, -0.1) is 0 Å². The Morgan fingerprint density at radius 1 is 1.21 bits per heavy atom. The zero-order valence-electron chi connectivity index (χ0n) is 14.5. The molecule has 2 aromatic carbocycles. The molecule has 11 heteroatoms. The van der Waals surface area contributed by atoms with Crippen molar-refractivity contribution in [2.75, 3.05) is 11.4 Å². The molecule has 2 aromatic rings. The summed E-state index contributed by atoms with van der Waals surface area (Å²) in [5.41, 5.74) is -1.61. The highest BCUT2D eigenvalue weighted by atomic mass is 19.4. The number of ether oxygens (including phenoxy) is 1. The number of hydrogen-bond acceptors (Lipinski definition) is 5. The summed E-state index contributed by atoms with van der Waals surface area (Å²) in [7, 11) is 0. The first kappa shape index (κ1) is 20.1. The number of halogens is 3. The summed E-state index contributed by atoms with van der Waals surface area (Å²) in [6.45, 7) is 0.0126. The number of nitro groups is 1. The van der Waals surface area contributed by atoms with Crippen molar-refractivity contribution in [3.05, 3.63) is 58.1 Å². The van der Waals surface area contributed by atoms with Crippen molar-refractivity contribution in [3.8, 4) is 11.5 Å². The number of anilines is 1. The Kier molecular flexibility index (Phi) is 5.14. The smallest absolute Gasteiger partial charge is 0.416 e. The summed E-state index contributed by atoms with van der Waals surface area (Å²) in [5, 5.41) is 20.1. The lowest BCUT2D eigenvalue weighted by Crippen LogP contribution is -2.25. The van der Waals surface area contributed by atoms with Crippen molar-refractivity contribution in [3.63, 3.8) is 0 Å². The molecule has 8 nitrogen and oxygen atoms in total. The van der Waals surface area contributed by atoms with Crippen molar-refractivity contribution in [2.45, 2.75) is 12.6 Å². The minimum Gasteiger partial charge on any atom is -0.481 e. The van der Waals surface area contributed by atoms with Crippen LogP contribution in [0, 0.1) is 16.0 Å². The largest absolute Gasteiger partial charge is 0.481 e. The van der Waals surface area contributed by atoms with E-state index in [2.05, 4.69) is 0 Å². The standard InChI is InChI=1S/C18H13F3N2O6/c19-18(20,21)11-1-6-15(14(8-11)23(27)28)29-13-4-2-12(3-5-13)22-9-10(17(25)26)7-16(22)24/h1-6,8,10H,7,9H2,(H,25,26)/t10-/m0/s1. The molecule has 0 radical (unpaired) electrons. The topological polar surface area (TPSA) is 110 Å². The molecule has 152 valence electrons. The van der Waals surface area contributed by atoms with Gasteiger partial charge in [0.2, 0.25) is 11.7 Å². The van der Waals surface area contributed by atoms with Crippen LogP contribution in [0.2, 0.25) is 0 Å². The summed E-state index contributed by atoms with van der Waals surface area (Å²) in [6.07, 6.45) is -4.85. The number of carboxylic acid groups (broad SMARTS) is 1. The van der Waals surface area contributed by atoms with E-state index < -0.39 is 34.2 Å². The third kappa shape index (κ3) is 4.28. The minimum absolute atomic E-state index is 0.0126. The Balaban J connectivity index is 1.81. The lowest BCUT2D eigenvalue weighted by molar-refractivity contribution is -0.385. The highest BCUT2D eigenvalue weighted by Crippen LogP contribution is 2.38. The van der Waals surface area contributed by atoms with Crippen LogP contribution in [0.15, 0.2) is 42.5 Å². The van der Waals surface area contributed by atoms with E-state index in [1.165, 1.54) is 29.2 Å². The van der Waals surface area contributed by atoms with E-state index >= 15 is 0 Å². The summed E-state index contributed by atoms with van der Waals surface area (Å²) in [6, 6.07) is 7.57. The number of alkyl halides is 3. The molecule has 0 aromatic heterocycles. The predicted molar refractivity (Wildman–Crippen MR) is 92.7 cm³/mol. The van der Waals surface area contributed by atoms with Gasteiger partial charge in [-0.3, -0.25) is 19.7 Å². The number of hydrogen-bond donors (Lipinski definition) is 1. The zero-order valence-corrected chi connectivity index (χ0v) is 14.5. The van der Waals surface area contributed by atoms with Gasteiger partial charge in [-0.2, -0.15) is 13.2 Å². The first-order chi connectivity index (χ1) is 13.6. The monoisotopic (exact) mass is 410 g/mol. The number of nitro benzene ring substituents is 1. The van der Waals surface area contributed by atoms with Crippen molar-refractivity contribution in [1.29, 1.82) is 0 Å². The normalized spacial score (nSPS) is 16.7. The number of nitrogens with zero attached hydrogens (tertiary/aromatic N) is 2. The van der Waals surface area contributed by atoms with E-state index in [0.717, 1.165) is 6.07 Å². The van der Waals surface area contributed by atoms with Crippen molar-refractivity contribution in [2.24, 2.45) is 5.92 Å². The molecule has 1 aliphatic rings. The fourth-order valence-corrected chi connectivity index (χ4v) is 2.87. The minimum atomic E-state index is -4.74. The van der Waals surface area contributed by atoms with Crippen LogP contribution in [0.4, 0.5) is 24.5 Å². The van der Waals surface area contributed by atoms with E-state index in [-0.39, 0.29) is 30.4 Å². The summed E-state index contributed by atoms with van der Waals surface area (Å²) in [4.78, 5) is 34.4. The molecule has 1 fully saturated rings. The first-order valence-corrected chi connectivity index (χ1v) is 8.23. The van der Waals surface area contributed by atoms with Gasteiger partial charge in [-0.1, -0.05) is 0 Å². The van der Waals surface area contributed by atoms with Crippen LogP contribution in [0.5, 0.6) is 11.5 Å². The average molecular weight is 410 g/mol. The predicted octanol–water partition coefficient (Wildman–Crippen LogP) is 3.84. The number of amides is 1. The van der Waals surface area contributed by atoms with E-state index in [4.69, 9.17) is 9.84 Å². The number of carbonyl (C=O) groups is 2. The fourth-order valence-electron chi connectivity index (χ4n) is 2.87. The van der Waals surface area contributed by atoms with Crippen LogP contribution in [0.3, 0.4) is 0 Å². The highest BCUT2D eigenvalue weighted by Gasteiger charge is 2.35.